The number of non-ortho nitro benzene ring substituents is 1. The van der Waals surface area contributed by atoms with Crippen molar-refractivity contribution in [2.75, 3.05) is 0 Å². The summed E-state index contributed by atoms with van der Waals surface area (Å²) in [5.74, 6) is -0.137. The van der Waals surface area contributed by atoms with Gasteiger partial charge < -0.3 is 5.11 Å². The zero-order valence-electron chi connectivity index (χ0n) is 11.1. The van der Waals surface area contributed by atoms with Gasteiger partial charge in [0.25, 0.3) is 5.69 Å². The van der Waals surface area contributed by atoms with Gasteiger partial charge in [-0.1, -0.05) is 42.5 Å². The Morgan fingerprint density at radius 1 is 1.36 bits per heavy atom. The molecule has 0 aliphatic heterocycles. The maximum Gasteiger partial charge on any atom is 0.271 e. The highest BCUT2D eigenvalue weighted by atomic mass is 79.9. The third-order valence-corrected chi connectivity index (χ3v) is 3.63. The molecule has 0 heterocycles. The van der Waals surface area contributed by atoms with E-state index in [0.717, 1.165) is 5.56 Å². The Bertz CT molecular complexity index is 750. The highest BCUT2D eigenvalue weighted by Gasteiger charge is 2.13. The first-order valence-electron chi connectivity index (χ1n) is 6.04. The second kappa shape index (κ2) is 7.10. The Morgan fingerprint density at radius 2 is 2.05 bits per heavy atom. The summed E-state index contributed by atoms with van der Waals surface area (Å²) < 4.78 is 0.216. The van der Waals surface area contributed by atoms with Crippen molar-refractivity contribution in [2.45, 2.75) is 0 Å². The number of hydrazone groups is 1. The third kappa shape index (κ3) is 3.86. The van der Waals surface area contributed by atoms with Gasteiger partial charge in [0, 0.05) is 23.3 Å². The number of hydrogen-bond donors (Lipinski definition) is 2. The van der Waals surface area contributed by atoms with Gasteiger partial charge in [-0.3, -0.25) is 15.5 Å². The smallest absolute Gasteiger partial charge is 0.271 e. The molecule has 0 radical (unpaired) electrons. The molecular weight excluding hydrogens is 370 g/mol. The Kier molecular flexibility index (Phi) is 5.18. The number of benzene rings is 2. The molecule has 0 aliphatic carbocycles. The summed E-state index contributed by atoms with van der Waals surface area (Å²) in [6, 6.07) is 11.6. The van der Waals surface area contributed by atoms with E-state index < -0.39 is 4.92 Å². The molecule has 0 fully saturated rings. The fourth-order valence-corrected chi connectivity index (χ4v) is 2.28. The van der Waals surface area contributed by atoms with Crippen LogP contribution in [0.4, 0.5) is 5.69 Å². The lowest BCUT2D eigenvalue weighted by Crippen LogP contribution is -2.16. The lowest BCUT2D eigenvalue weighted by molar-refractivity contribution is -0.385. The minimum absolute atomic E-state index is 0.137. The van der Waals surface area contributed by atoms with Crippen LogP contribution in [0.2, 0.25) is 0 Å². The van der Waals surface area contributed by atoms with Crippen LogP contribution >= 0.6 is 28.1 Å². The highest BCUT2D eigenvalue weighted by Crippen LogP contribution is 2.31. The average Bonchev–Trinajstić information content (AvgIpc) is 2.51. The molecule has 8 heteroatoms. The second-order valence-electron chi connectivity index (χ2n) is 4.19. The molecule has 2 N–H and O–H groups in total. The maximum atomic E-state index is 10.8. The van der Waals surface area contributed by atoms with Gasteiger partial charge in [-0.15, -0.1) is 0 Å². The number of phenols is 1. The van der Waals surface area contributed by atoms with Crippen LogP contribution in [0, 0.1) is 10.1 Å². The van der Waals surface area contributed by atoms with Crippen molar-refractivity contribution in [3.8, 4) is 5.75 Å². The SMILES string of the molecule is O=[N+]([O-])c1cc(Br)c(O)c(/C=N/NC(=S)c2ccccc2)c1. The van der Waals surface area contributed by atoms with E-state index in [-0.39, 0.29) is 21.5 Å². The molecule has 2 rings (SSSR count). The largest absolute Gasteiger partial charge is 0.506 e. The van der Waals surface area contributed by atoms with E-state index in [4.69, 9.17) is 12.2 Å². The van der Waals surface area contributed by atoms with Crippen molar-refractivity contribution in [1.29, 1.82) is 0 Å². The number of phenolic OH excluding ortho intramolecular Hbond substituents is 1. The van der Waals surface area contributed by atoms with Gasteiger partial charge in [0.2, 0.25) is 0 Å². The molecule has 112 valence electrons. The fourth-order valence-electron chi connectivity index (χ4n) is 1.62. The molecule has 6 nitrogen and oxygen atoms in total. The molecule has 0 saturated carbocycles. The zero-order valence-corrected chi connectivity index (χ0v) is 13.5. The number of aromatic hydroxyl groups is 1. The number of halogens is 1. The van der Waals surface area contributed by atoms with Crippen LogP contribution in [0.3, 0.4) is 0 Å². The summed E-state index contributed by atoms with van der Waals surface area (Å²) in [7, 11) is 0. The molecule has 0 saturated heterocycles. The lowest BCUT2D eigenvalue weighted by atomic mass is 10.2. The van der Waals surface area contributed by atoms with Crippen LogP contribution < -0.4 is 5.43 Å². The maximum absolute atomic E-state index is 10.8. The number of nitrogens with zero attached hydrogens (tertiary/aromatic N) is 2. The molecule has 0 spiro atoms. The normalized spacial score (nSPS) is 10.6. The number of nitro groups is 1. The van der Waals surface area contributed by atoms with Gasteiger partial charge in [-0.2, -0.15) is 5.10 Å². The Hall–Kier alpha value is -2.32. The van der Waals surface area contributed by atoms with E-state index in [1.807, 2.05) is 30.3 Å². The number of thiocarbonyl (C=S) groups is 1. The minimum atomic E-state index is -0.552. The molecule has 2 aromatic carbocycles. The van der Waals surface area contributed by atoms with Gasteiger partial charge in [0.15, 0.2) is 0 Å². The predicted octanol–water partition coefficient (Wildman–Crippen LogP) is 3.36. The van der Waals surface area contributed by atoms with Gasteiger partial charge in [-0.25, -0.2) is 0 Å². The summed E-state index contributed by atoms with van der Waals surface area (Å²) in [5.41, 5.74) is 3.48. The van der Waals surface area contributed by atoms with E-state index in [0.29, 0.717) is 4.99 Å². The van der Waals surface area contributed by atoms with Crippen LogP contribution in [-0.4, -0.2) is 21.2 Å². The minimum Gasteiger partial charge on any atom is -0.506 e. The molecule has 0 bridgehead atoms. The Balaban J connectivity index is 2.17. The molecule has 2 aromatic rings. The topological polar surface area (TPSA) is 87.8 Å². The first-order valence-corrected chi connectivity index (χ1v) is 7.24. The summed E-state index contributed by atoms with van der Waals surface area (Å²) in [6.07, 6.45) is 1.27. The van der Waals surface area contributed by atoms with E-state index >= 15 is 0 Å². The first-order chi connectivity index (χ1) is 10.5. The highest BCUT2D eigenvalue weighted by molar-refractivity contribution is 9.10. The van der Waals surface area contributed by atoms with Crippen molar-refractivity contribution in [2.24, 2.45) is 5.10 Å². The predicted molar refractivity (Wildman–Crippen MR) is 91.3 cm³/mol. The average molecular weight is 380 g/mol. The van der Waals surface area contributed by atoms with E-state index in [2.05, 4.69) is 26.5 Å². The number of nitro benzene ring substituents is 1. The summed E-state index contributed by atoms with van der Waals surface area (Å²) >= 11 is 8.22. The number of hydrogen-bond acceptors (Lipinski definition) is 5. The van der Waals surface area contributed by atoms with Crippen LogP contribution in [0.15, 0.2) is 52.0 Å². The quantitative estimate of drug-likeness (QED) is 0.368. The first kappa shape index (κ1) is 16.1. The molecule has 0 atom stereocenters. The van der Waals surface area contributed by atoms with E-state index in [9.17, 15) is 15.2 Å². The second-order valence-corrected chi connectivity index (χ2v) is 5.45. The molecule has 0 unspecified atom stereocenters. The number of nitrogens with one attached hydrogen (secondary N) is 1. The number of rotatable bonds is 4. The van der Waals surface area contributed by atoms with Gasteiger partial charge in [-0.05, 0) is 15.9 Å². The summed E-state index contributed by atoms with van der Waals surface area (Å²) in [6.45, 7) is 0. The van der Waals surface area contributed by atoms with Crippen molar-refractivity contribution < 1.29 is 10.0 Å². The molecule has 0 aromatic heterocycles. The van der Waals surface area contributed by atoms with Crippen LogP contribution in [0.5, 0.6) is 5.75 Å². The zero-order chi connectivity index (χ0) is 16.1. The van der Waals surface area contributed by atoms with Crippen molar-refractivity contribution >= 4 is 45.0 Å². The van der Waals surface area contributed by atoms with Gasteiger partial charge in [0.1, 0.15) is 10.7 Å². The molecule has 22 heavy (non-hydrogen) atoms. The van der Waals surface area contributed by atoms with Crippen molar-refractivity contribution in [1.82, 2.24) is 5.43 Å². The third-order valence-electron chi connectivity index (χ3n) is 2.69. The Labute approximate surface area is 139 Å². The molecular formula is C14H10BrN3O3S. The fraction of sp³-hybridized carbons (Fsp3) is 0. The van der Waals surface area contributed by atoms with Crippen molar-refractivity contribution in [3.63, 3.8) is 0 Å². The summed E-state index contributed by atoms with van der Waals surface area (Å²) in [5, 5.41) is 24.6. The lowest BCUT2D eigenvalue weighted by Gasteiger charge is -2.04. The molecule has 0 amide bonds. The van der Waals surface area contributed by atoms with Crippen LogP contribution in [0.1, 0.15) is 11.1 Å². The van der Waals surface area contributed by atoms with Gasteiger partial charge >= 0.3 is 0 Å². The Morgan fingerprint density at radius 3 is 2.68 bits per heavy atom. The monoisotopic (exact) mass is 379 g/mol. The van der Waals surface area contributed by atoms with Crippen LogP contribution in [0.25, 0.3) is 0 Å². The molecule has 0 aliphatic rings. The standard InChI is InChI=1S/C14H10BrN3O3S/c15-12-7-11(18(20)21)6-10(13(12)19)8-16-17-14(22)9-4-2-1-3-5-9/h1-8,19H,(H,17,22)/b16-8+. The summed E-state index contributed by atoms with van der Waals surface area (Å²) in [4.78, 5) is 10.7. The van der Waals surface area contributed by atoms with Crippen LogP contribution in [-0.2, 0) is 0 Å². The van der Waals surface area contributed by atoms with E-state index in [1.54, 1.807) is 0 Å². The van der Waals surface area contributed by atoms with Crippen molar-refractivity contribution in [3.05, 3.63) is 68.2 Å². The van der Waals surface area contributed by atoms with Gasteiger partial charge in [0.05, 0.1) is 15.6 Å². The van der Waals surface area contributed by atoms with E-state index in [1.165, 1.54) is 18.3 Å².